The number of hydrogen-bond donors (Lipinski definition) is 2. The Morgan fingerprint density at radius 2 is 1.55 bits per heavy atom. The zero-order chi connectivity index (χ0) is 13.4. The fourth-order valence-corrected chi connectivity index (χ4v) is 2.69. The molecule has 0 amide bonds. The molecule has 0 unspecified atom stereocenters. The van der Waals surface area contributed by atoms with Crippen molar-refractivity contribution >= 4 is 33.1 Å². The molecule has 0 aliphatic heterocycles. The van der Waals surface area contributed by atoms with E-state index in [9.17, 15) is 0 Å². The molecule has 0 saturated carbocycles. The predicted octanol–water partition coefficient (Wildman–Crippen LogP) is 5.06. The van der Waals surface area contributed by atoms with Gasteiger partial charge in [0.1, 0.15) is 0 Å². The number of fused-ring (bicyclic) bond motifs is 3. The molecule has 1 aromatic heterocycles. The van der Waals surface area contributed by atoms with Gasteiger partial charge in [-0.25, -0.2) is 0 Å². The number of anilines is 2. The summed E-state index contributed by atoms with van der Waals surface area (Å²) >= 11 is 0. The van der Waals surface area contributed by atoms with Gasteiger partial charge in [0, 0.05) is 28.3 Å². The largest absolute Gasteiger partial charge is 0.361 e. The van der Waals surface area contributed by atoms with Crippen molar-refractivity contribution in [3.8, 4) is 0 Å². The van der Waals surface area contributed by atoms with Crippen molar-refractivity contribution in [2.45, 2.75) is 0 Å². The highest BCUT2D eigenvalue weighted by Gasteiger charge is 2.06. The molecule has 0 saturated heterocycles. The lowest BCUT2D eigenvalue weighted by molar-refractivity contribution is 1.49. The van der Waals surface area contributed by atoms with E-state index >= 15 is 0 Å². The van der Waals surface area contributed by atoms with Crippen molar-refractivity contribution in [1.29, 1.82) is 0 Å². The fraction of sp³-hybridized carbons (Fsp3) is 0. The monoisotopic (exact) mass is 258 g/mol. The molecule has 2 N–H and O–H groups in total. The van der Waals surface area contributed by atoms with E-state index in [1.807, 2.05) is 24.4 Å². The number of para-hydroxylation sites is 1. The van der Waals surface area contributed by atoms with Crippen LogP contribution in [0.5, 0.6) is 0 Å². The molecular formula is C18H14N2. The number of nitrogens with one attached hydrogen (secondary N) is 2. The summed E-state index contributed by atoms with van der Waals surface area (Å²) in [4.78, 5) is 3.35. The highest BCUT2D eigenvalue weighted by molar-refractivity contribution is 6.12. The lowest BCUT2D eigenvalue weighted by Gasteiger charge is -2.10. The molecule has 2 nitrogen and oxygen atoms in total. The zero-order valence-electron chi connectivity index (χ0n) is 10.9. The molecule has 20 heavy (non-hydrogen) atoms. The first-order chi connectivity index (χ1) is 9.92. The number of hydrogen-bond acceptors (Lipinski definition) is 1. The first-order valence-corrected chi connectivity index (χ1v) is 6.73. The molecule has 0 aliphatic carbocycles. The second-order valence-corrected chi connectivity index (χ2v) is 4.90. The molecule has 96 valence electrons. The van der Waals surface area contributed by atoms with Crippen LogP contribution in [-0.2, 0) is 0 Å². The van der Waals surface area contributed by atoms with Gasteiger partial charge in [-0.05, 0) is 29.7 Å². The molecule has 3 aromatic carbocycles. The number of aromatic nitrogens is 1. The van der Waals surface area contributed by atoms with Gasteiger partial charge >= 0.3 is 0 Å². The lowest BCUT2D eigenvalue weighted by atomic mass is 10.1. The summed E-state index contributed by atoms with van der Waals surface area (Å²) in [5.41, 5.74) is 3.41. The van der Waals surface area contributed by atoms with Crippen molar-refractivity contribution in [3.05, 3.63) is 72.9 Å². The second-order valence-electron chi connectivity index (χ2n) is 4.90. The highest BCUT2D eigenvalue weighted by atomic mass is 14.9. The minimum Gasteiger partial charge on any atom is -0.361 e. The molecule has 0 atom stereocenters. The Kier molecular flexibility index (Phi) is 2.46. The van der Waals surface area contributed by atoms with Crippen LogP contribution >= 0.6 is 0 Å². The number of benzene rings is 3. The molecule has 4 aromatic rings. The normalized spacial score (nSPS) is 11.0. The Labute approximate surface area is 117 Å². The Balaban J connectivity index is 1.96. The van der Waals surface area contributed by atoms with Crippen LogP contribution < -0.4 is 5.32 Å². The number of aromatic amines is 1. The summed E-state index contributed by atoms with van der Waals surface area (Å²) in [6.07, 6.45) is 1.99. The third kappa shape index (κ3) is 1.74. The Bertz CT molecular complexity index is 876. The quantitative estimate of drug-likeness (QED) is 0.516. The van der Waals surface area contributed by atoms with Gasteiger partial charge in [0.05, 0.1) is 5.52 Å². The third-order valence-electron chi connectivity index (χ3n) is 3.62. The standard InChI is InChI=1S/C18H14N2/c1-2-6-15(7-3-1)20-16-8-4-5-13-9-10-14-11-12-19-18(14)17(13)16/h1-12,19-20H. The van der Waals surface area contributed by atoms with Crippen LogP contribution in [0.1, 0.15) is 0 Å². The third-order valence-corrected chi connectivity index (χ3v) is 3.62. The van der Waals surface area contributed by atoms with Crippen LogP contribution in [0.4, 0.5) is 11.4 Å². The molecule has 0 fully saturated rings. The molecule has 2 heteroatoms. The van der Waals surface area contributed by atoms with Crippen molar-refractivity contribution in [2.75, 3.05) is 5.32 Å². The minimum absolute atomic E-state index is 1.10. The van der Waals surface area contributed by atoms with E-state index in [-0.39, 0.29) is 0 Å². The molecule has 4 rings (SSSR count). The average Bonchev–Trinajstić information content (AvgIpc) is 2.97. The van der Waals surface area contributed by atoms with Crippen LogP contribution in [0.2, 0.25) is 0 Å². The first-order valence-electron chi connectivity index (χ1n) is 6.73. The molecule has 0 radical (unpaired) electrons. The van der Waals surface area contributed by atoms with Crippen molar-refractivity contribution in [3.63, 3.8) is 0 Å². The van der Waals surface area contributed by atoms with E-state index in [2.05, 4.69) is 58.8 Å². The molecule has 0 bridgehead atoms. The topological polar surface area (TPSA) is 27.8 Å². The van der Waals surface area contributed by atoms with Gasteiger partial charge in [0.25, 0.3) is 0 Å². The smallest absolute Gasteiger partial charge is 0.0554 e. The van der Waals surface area contributed by atoms with Crippen LogP contribution in [-0.4, -0.2) is 4.98 Å². The summed E-state index contributed by atoms with van der Waals surface area (Å²) < 4.78 is 0. The summed E-state index contributed by atoms with van der Waals surface area (Å²) in [6, 6.07) is 23.0. The summed E-state index contributed by atoms with van der Waals surface area (Å²) in [6.45, 7) is 0. The van der Waals surface area contributed by atoms with Crippen LogP contribution in [0.25, 0.3) is 21.7 Å². The van der Waals surface area contributed by atoms with Crippen molar-refractivity contribution in [1.82, 2.24) is 4.98 Å². The first kappa shape index (κ1) is 11.1. The minimum atomic E-state index is 1.10. The summed E-state index contributed by atoms with van der Waals surface area (Å²) in [5, 5.41) is 7.22. The summed E-state index contributed by atoms with van der Waals surface area (Å²) in [7, 11) is 0. The van der Waals surface area contributed by atoms with Crippen LogP contribution in [0.15, 0.2) is 72.9 Å². The summed E-state index contributed by atoms with van der Waals surface area (Å²) in [5.74, 6) is 0. The average molecular weight is 258 g/mol. The maximum absolute atomic E-state index is 3.51. The highest BCUT2D eigenvalue weighted by Crippen LogP contribution is 2.32. The van der Waals surface area contributed by atoms with E-state index in [4.69, 9.17) is 0 Å². The van der Waals surface area contributed by atoms with Gasteiger partial charge in [-0.1, -0.05) is 42.5 Å². The second kappa shape index (κ2) is 4.42. The van der Waals surface area contributed by atoms with E-state index in [0.29, 0.717) is 0 Å². The predicted molar refractivity (Wildman–Crippen MR) is 85.5 cm³/mol. The maximum atomic E-state index is 3.51. The Morgan fingerprint density at radius 3 is 2.45 bits per heavy atom. The number of H-pyrrole nitrogens is 1. The Morgan fingerprint density at radius 1 is 0.700 bits per heavy atom. The van der Waals surface area contributed by atoms with Gasteiger partial charge in [-0.3, -0.25) is 0 Å². The van der Waals surface area contributed by atoms with Crippen LogP contribution in [0, 0.1) is 0 Å². The van der Waals surface area contributed by atoms with E-state index in [1.54, 1.807) is 0 Å². The number of rotatable bonds is 2. The van der Waals surface area contributed by atoms with E-state index in [1.165, 1.54) is 21.7 Å². The Hall–Kier alpha value is -2.74. The van der Waals surface area contributed by atoms with Gasteiger partial charge in [0.2, 0.25) is 0 Å². The van der Waals surface area contributed by atoms with Crippen molar-refractivity contribution < 1.29 is 0 Å². The SMILES string of the molecule is c1ccc(Nc2cccc3ccc4cc[nH]c4c23)cc1. The fourth-order valence-electron chi connectivity index (χ4n) is 2.69. The van der Waals surface area contributed by atoms with Gasteiger partial charge in [0.15, 0.2) is 0 Å². The van der Waals surface area contributed by atoms with Crippen molar-refractivity contribution in [2.24, 2.45) is 0 Å². The molecule has 0 aliphatic rings. The maximum Gasteiger partial charge on any atom is 0.0554 e. The molecule has 1 heterocycles. The van der Waals surface area contributed by atoms with Gasteiger partial charge < -0.3 is 10.3 Å². The molecular weight excluding hydrogens is 244 g/mol. The van der Waals surface area contributed by atoms with E-state index in [0.717, 1.165) is 11.4 Å². The van der Waals surface area contributed by atoms with Gasteiger partial charge in [-0.2, -0.15) is 0 Å². The van der Waals surface area contributed by atoms with Crippen LogP contribution in [0.3, 0.4) is 0 Å². The molecule has 0 spiro atoms. The zero-order valence-corrected chi connectivity index (χ0v) is 10.9. The van der Waals surface area contributed by atoms with E-state index < -0.39 is 0 Å². The lowest BCUT2D eigenvalue weighted by Crippen LogP contribution is -1.91. The van der Waals surface area contributed by atoms with Gasteiger partial charge in [-0.15, -0.1) is 0 Å².